The molecular formula is C23H21FN4O3. The second-order valence-electron chi connectivity index (χ2n) is 6.80. The topological polar surface area (TPSA) is 78.3 Å². The van der Waals surface area contributed by atoms with Crippen LogP contribution in [0.5, 0.6) is 11.5 Å². The van der Waals surface area contributed by atoms with Crippen molar-refractivity contribution in [2.24, 2.45) is 0 Å². The number of nitrogens with zero attached hydrogens (tertiary/aromatic N) is 3. The highest BCUT2D eigenvalue weighted by Gasteiger charge is 2.15. The van der Waals surface area contributed by atoms with Crippen molar-refractivity contribution in [1.82, 2.24) is 19.9 Å². The van der Waals surface area contributed by atoms with Crippen LogP contribution in [-0.2, 0) is 6.54 Å². The second kappa shape index (κ2) is 8.83. The highest BCUT2D eigenvalue weighted by Crippen LogP contribution is 2.24. The number of benzene rings is 2. The van der Waals surface area contributed by atoms with Gasteiger partial charge >= 0.3 is 0 Å². The van der Waals surface area contributed by atoms with E-state index in [1.807, 2.05) is 16.7 Å². The normalized spacial score (nSPS) is 10.8. The van der Waals surface area contributed by atoms with Gasteiger partial charge in [-0.15, -0.1) is 0 Å². The van der Waals surface area contributed by atoms with Gasteiger partial charge in [-0.2, -0.15) is 0 Å². The van der Waals surface area contributed by atoms with Gasteiger partial charge in [-0.25, -0.2) is 14.4 Å². The summed E-state index contributed by atoms with van der Waals surface area (Å²) >= 11 is 0. The summed E-state index contributed by atoms with van der Waals surface area (Å²) in [6.07, 6.45) is 1.69. The first-order valence-corrected chi connectivity index (χ1v) is 9.67. The number of hydrogen-bond acceptors (Lipinski definition) is 5. The number of amides is 1. The zero-order valence-electron chi connectivity index (χ0n) is 17.1. The summed E-state index contributed by atoms with van der Waals surface area (Å²) in [5.41, 5.74) is 2.62. The maximum atomic E-state index is 13.4. The maximum Gasteiger partial charge on any atom is 0.251 e. The van der Waals surface area contributed by atoms with E-state index < -0.39 is 0 Å². The Morgan fingerprint density at radius 2 is 1.77 bits per heavy atom. The average Bonchev–Trinajstić information content (AvgIpc) is 3.17. The van der Waals surface area contributed by atoms with E-state index in [1.54, 1.807) is 36.5 Å². The lowest BCUT2D eigenvalue weighted by molar-refractivity contribution is 0.0951. The van der Waals surface area contributed by atoms with Gasteiger partial charge in [0.15, 0.2) is 5.65 Å². The third-order valence-corrected chi connectivity index (χ3v) is 4.84. The fourth-order valence-corrected chi connectivity index (χ4v) is 3.31. The molecule has 0 spiro atoms. The number of imidazole rings is 1. The quantitative estimate of drug-likeness (QED) is 0.493. The van der Waals surface area contributed by atoms with Crippen LogP contribution in [0, 0.1) is 5.82 Å². The minimum Gasteiger partial charge on any atom is -0.497 e. The Balaban J connectivity index is 1.56. The maximum absolute atomic E-state index is 13.4. The summed E-state index contributed by atoms with van der Waals surface area (Å²) < 4.78 is 25.7. The smallest absolute Gasteiger partial charge is 0.251 e. The molecule has 1 N–H and O–H groups in total. The van der Waals surface area contributed by atoms with Crippen LogP contribution in [0.25, 0.3) is 22.6 Å². The monoisotopic (exact) mass is 420 g/mol. The van der Waals surface area contributed by atoms with Crippen LogP contribution in [0.3, 0.4) is 0 Å². The predicted molar refractivity (Wildman–Crippen MR) is 115 cm³/mol. The Bertz CT molecular complexity index is 1200. The fourth-order valence-electron chi connectivity index (χ4n) is 3.31. The molecule has 8 heteroatoms. The molecule has 0 saturated heterocycles. The standard InChI is InChI=1S/C23H21FN4O3/c1-30-18-12-16(13-19(14-18)31-2)23(29)26-10-11-28-21(15-5-7-17(24)8-6-15)27-20-4-3-9-25-22(20)28/h3-9,12-14H,10-11H2,1-2H3,(H,26,29). The molecule has 0 aliphatic carbocycles. The molecule has 4 rings (SSSR count). The van der Waals surface area contributed by atoms with E-state index in [0.29, 0.717) is 41.6 Å². The molecule has 31 heavy (non-hydrogen) atoms. The van der Waals surface area contributed by atoms with Gasteiger partial charge in [0, 0.05) is 36.5 Å². The first-order valence-electron chi connectivity index (χ1n) is 9.67. The molecule has 4 aromatic rings. The van der Waals surface area contributed by atoms with Gasteiger partial charge in [-0.3, -0.25) is 4.79 Å². The molecule has 1 amide bonds. The third-order valence-electron chi connectivity index (χ3n) is 4.84. The van der Waals surface area contributed by atoms with Crippen molar-refractivity contribution < 1.29 is 18.7 Å². The lowest BCUT2D eigenvalue weighted by Crippen LogP contribution is -2.27. The van der Waals surface area contributed by atoms with Crippen LogP contribution >= 0.6 is 0 Å². The minimum atomic E-state index is -0.314. The molecule has 2 aromatic heterocycles. The first kappa shape index (κ1) is 20.3. The molecule has 0 aliphatic heterocycles. The summed E-state index contributed by atoms with van der Waals surface area (Å²) in [6, 6.07) is 14.8. The number of rotatable bonds is 7. The van der Waals surface area contributed by atoms with E-state index in [1.165, 1.54) is 26.4 Å². The van der Waals surface area contributed by atoms with Gasteiger partial charge in [0.25, 0.3) is 5.91 Å². The van der Waals surface area contributed by atoms with E-state index in [9.17, 15) is 9.18 Å². The number of hydrogen-bond donors (Lipinski definition) is 1. The third kappa shape index (κ3) is 4.32. The number of halogens is 1. The van der Waals surface area contributed by atoms with E-state index in [0.717, 1.165) is 11.1 Å². The summed E-state index contributed by atoms with van der Waals surface area (Å²) in [4.78, 5) is 21.7. The minimum absolute atomic E-state index is 0.252. The van der Waals surface area contributed by atoms with E-state index in [4.69, 9.17) is 9.47 Å². The molecule has 7 nitrogen and oxygen atoms in total. The Morgan fingerprint density at radius 3 is 2.45 bits per heavy atom. The van der Waals surface area contributed by atoms with Crippen LogP contribution < -0.4 is 14.8 Å². The average molecular weight is 420 g/mol. The van der Waals surface area contributed by atoms with Gasteiger partial charge < -0.3 is 19.4 Å². The summed E-state index contributed by atoms with van der Waals surface area (Å²) in [5, 5.41) is 2.91. The van der Waals surface area contributed by atoms with Crippen molar-refractivity contribution in [3.05, 3.63) is 72.2 Å². The lowest BCUT2D eigenvalue weighted by Gasteiger charge is -2.11. The van der Waals surface area contributed by atoms with Crippen molar-refractivity contribution in [2.75, 3.05) is 20.8 Å². The van der Waals surface area contributed by atoms with Gasteiger partial charge in [0.2, 0.25) is 0 Å². The van der Waals surface area contributed by atoms with Crippen LogP contribution in [-0.4, -0.2) is 41.2 Å². The van der Waals surface area contributed by atoms with Gasteiger partial charge in [-0.05, 0) is 48.5 Å². The molecule has 0 fully saturated rings. The molecule has 0 saturated carbocycles. The van der Waals surface area contributed by atoms with Crippen LogP contribution in [0.15, 0.2) is 60.8 Å². The number of ether oxygens (including phenoxy) is 2. The SMILES string of the molecule is COc1cc(OC)cc(C(=O)NCCn2c(-c3ccc(F)cc3)nc3cccnc32)c1. The first-order chi connectivity index (χ1) is 15.1. The van der Waals surface area contributed by atoms with Gasteiger partial charge in [-0.1, -0.05) is 0 Å². The number of methoxy groups -OCH3 is 2. The van der Waals surface area contributed by atoms with Gasteiger partial charge in [0.05, 0.1) is 14.2 Å². The number of carbonyl (C=O) groups is 1. The summed E-state index contributed by atoms with van der Waals surface area (Å²) in [6.45, 7) is 0.779. The fraction of sp³-hybridized carbons (Fsp3) is 0.174. The van der Waals surface area contributed by atoms with Crippen molar-refractivity contribution >= 4 is 17.1 Å². The largest absolute Gasteiger partial charge is 0.497 e. The van der Waals surface area contributed by atoms with Crippen molar-refractivity contribution in [3.63, 3.8) is 0 Å². The molecule has 2 aromatic carbocycles. The van der Waals surface area contributed by atoms with E-state index in [-0.39, 0.29) is 11.7 Å². The predicted octanol–water partition coefficient (Wildman–Crippen LogP) is 3.68. The van der Waals surface area contributed by atoms with Crippen molar-refractivity contribution in [2.45, 2.75) is 6.54 Å². The van der Waals surface area contributed by atoms with Crippen LogP contribution in [0.2, 0.25) is 0 Å². The molecule has 0 aliphatic rings. The molecule has 0 atom stereocenters. The molecule has 0 radical (unpaired) electrons. The second-order valence-corrected chi connectivity index (χ2v) is 6.80. The highest BCUT2D eigenvalue weighted by molar-refractivity contribution is 5.95. The molecule has 2 heterocycles. The molecule has 0 bridgehead atoms. The van der Waals surface area contributed by atoms with Crippen molar-refractivity contribution in [1.29, 1.82) is 0 Å². The summed E-state index contributed by atoms with van der Waals surface area (Å²) in [7, 11) is 3.06. The Hall–Kier alpha value is -3.94. The molecule has 158 valence electrons. The lowest BCUT2D eigenvalue weighted by atomic mass is 10.2. The zero-order chi connectivity index (χ0) is 21.8. The number of nitrogens with one attached hydrogen (secondary N) is 1. The molecular weight excluding hydrogens is 399 g/mol. The number of pyridine rings is 1. The van der Waals surface area contributed by atoms with E-state index >= 15 is 0 Å². The Morgan fingerprint density at radius 1 is 1.06 bits per heavy atom. The van der Waals surface area contributed by atoms with Crippen LogP contribution in [0.4, 0.5) is 4.39 Å². The van der Waals surface area contributed by atoms with Gasteiger partial charge in [0.1, 0.15) is 28.7 Å². The number of carbonyl (C=O) groups excluding carboxylic acids is 1. The Labute approximate surface area is 178 Å². The summed E-state index contributed by atoms with van der Waals surface area (Å²) in [5.74, 6) is 1.16. The number of fused-ring (bicyclic) bond motifs is 1. The zero-order valence-corrected chi connectivity index (χ0v) is 17.1. The highest BCUT2D eigenvalue weighted by atomic mass is 19.1. The van der Waals surface area contributed by atoms with Crippen molar-refractivity contribution in [3.8, 4) is 22.9 Å². The van der Waals surface area contributed by atoms with E-state index in [2.05, 4.69) is 15.3 Å². The number of aromatic nitrogens is 3. The van der Waals surface area contributed by atoms with Crippen LogP contribution in [0.1, 0.15) is 10.4 Å². The molecule has 0 unspecified atom stereocenters. The Kier molecular flexibility index (Phi) is 5.79.